The Morgan fingerprint density at radius 3 is 2.55 bits per heavy atom. The zero-order valence-electron chi connectivity index (χ0n) is 5.85. The molecule has 1 radical (unpaired) electrons. The second kappa shape index (κ2) is 2.60. The van der Waals surface area contributed by atoms with Crippen LogP contribution in [0.5, 0.6) is 0 Å². The molecule has 0 fully saturated rings. The van der Waals surface area contributed by atoms with Crippen LogP contribution in [0.3, 0.4) is 0 Å². The van der Waals surface area contributed by atoms with Crippen LogP contribution in [0.2, 0.25) is 0 Å². The lowest BCUT2D eigenvalue weighted by Crippen LogP contribution is -2.21. The Labute approximate surface area is 61.4 Å². The molecule has 1 aliphatic rings. The van der Waals surface area contributed by atoms with Crippen LogP contribution in [0, 0.1) is 0 Å². The third-order valence-corrected chi connectivity index (χ3v) is 1.17. The van der Waals surface area contributed by atoms with Crippen molar-refractivity contribution >= 4 is 5.90 Å². The topological polar surface area (TPSA) is 26.6 Å². The minimum absolute atomic E-state index is 0.218. The van der Waals surface area contributed by atoms with Gasteiger partial charge < -0.3 is 4.74 Å². The van der Waals surface area contributed by atoms with E-state index < -0.39 is 6.36 Å². The van der Waals surface area contributed by atoms with E-state index in [9.17, 15) is 13.2 Å². The molecule has 1 aliphatic heterocycles. The molecule has 1 rings (SSSR count). The van der Waals surface area contributed by atoms with Gasteiger partial charge in [-0.15, -0.1) is 18.2 Å². The van der Waals surface area contributed by atoms with E-state index in [4.69, 9.17) is 0 Å². The third kappa shape index (κ3) is 2.65. The Morgan fingerprint density at radius 1 is 1.55 bits per heavy atom. The van der Waals surface area contributed by atoms with Gasteiger partial charge in [-0.05, 0) is 0 Å². The smallest absolute Gasteiger partial charge is 0.347 e. The van der Waals surface area contributed by atoms with Crippen LogP contribution < -0.4 is 5.10 Å². The molecule has 1 heterocycles. The Kier molecular flexibility index (Phi) is 1.92. The summed E-state index contributed by atoms with van der Waals surface area (Å²) in [5.41, 5.74) is 0. The van der Waals surface area contributed by atoms with Gasteiger partial charge in [0.1, 0.15) is 6.42 Å². The number of rotatable bonds is 0. The van der Waals surface area contributed by atoms with Gasteiger partial charge in [-0.1, -0.05) is 0 Å². The van der Waals surface area contributed by atoms with E-state index in [1.54, 1.807) is 7.05 Å². The normalized spacial score (nSPS) is 18.5. The third-order valence-electron chi connectivity index (χ3n) is 1.17. The average Bonchev–Trinajstić information content (AvgIpc) is 2.10. The summed E-state index contributed by atoms with van der Waals surface area (Å²) in [4.78, 5) is 0. The summed E-state index contributed by atoms with van der Waals surface area (Å²) >= 11 is 0. The van der Waals surface area contributed by atoms with Crippen molar-refractivity contribution in [3.05, 3.63) is 0 Å². The van der Waals surface area contributed by atoms with Crippen molar-refractivity contribution in [1.29, 1.82) is 0 Å². The van der Waals surface area contributed by atoms with E-state index in [0.29, 0.717) is 6.54 Å². The van der Waals surface area contributed by atoms with Crippen LogP contribution in [-0.2, 0) is 4.74 Å². The number of hydrazone groups is 1. The monoisotopic (exact) mass is 168 g/mol. The van der Waals surface area contributed by atoms with Crippen molar-refractivity contribution < 1.29 is 17.9 Å². The molecular formula is C5H7F3N2O+. The Bertz CT molecular complexity index is 177. The Morgan fingerprint density at radius 2 is 2.18 bits per heavy atom. The van der Waals surface area contributed by atoms with Crippen LogP contribution in [0.1, 0.15) is 6.42 Å². The van der Waals surface area contributed by atoms with E-state index in [1.807, 2.05) is 0 Å². The van der Waals surface area contributed by atoms with Crippen molar-refractivity contribution in [3.63, 3.8) is 0 Å². The molecule has 0 amide bonds. The van der Waals surface area contributed by atoms with E-state index >= 15 is 0 Å². The van der Waals surface area contributed by atoms with Gasteiger partial charge in [-0.2, -0.15) is 0 Å². The van der Waals surface area contributed by atoms with Crippen LogP contribution >= 0.6 is 0 Å². The van der Waals surface area contributed by atoms with Crippen LogP contribution in [-0.4, -0.2) is 30.9 Å². The van der Waals surface area contributed by atoms with Crippen LogP contribution in [0.25, 0.3) is 0 Å². The first-order chi connectivity index (χ1) is 4.97. The van der Waals surface area contributed by atoms with Gasteiger partial charge in [-0.3, -0.25) is 0 Å². The summed E-state index contributed by atoms with van der Waals surface area (Å²) in [6, 6.07) is 0. The van der Waals surface area contributed by atoms with Crippen molar-refractivity contribution in [2.45, 2.75) is 12.8 Å². The van der Waals surface area contributed by atoms with Crippen molar-refractivity contribution in [3.8, 4) is 0 Å². The number of ether oxygens (including phenoxy) is 1. The van der Waals surface area contributed by atoms with Gasteiger partial charge in [0, 0.05) is 0 Å². The second-order valence-corrected chi connectivity index (χ2v) is 2.17. The molecular weight excluding hydrogens is 161 g/mol. The summed E-state index contributed by atoms with van der Waals surface area (Å²) in [6.07, 6.45) is -4.39. The molecule has 0 unspecified atom stereocenters. The lowest BCUT2D eigenvalue weighted by molar-refractivity contribution is -0.284. The molecule has 0 aliphatic carbocycles. The Balaban J connectivity index is 2.45. The van der Waals surface area contributed by atoms with Crippen molar-refractivity contribution in [1.82, 2.24) is 10.1 Å². The number of nitrogens with zero attached hydrogens (tertiary/aromatic N) is 2. The number of alkyl halides is 3. The van der Waals surface area contributed by atoms with Gasteiger partial charge in [0.05, 0.1) is 13.6 Å². The molecule has 0 atom stereocenters. The van der Waals surface area contributed by atoms with Gasteiger partial charge in [-0.25, -0.2) is 0 Å². The molecule has 3 nitrogen and oxygen atoms in total. The molecule has 0 saturated carbocycles. The predicted molar refractivity (Wildman–Crippen MR) is 31.5 cm³/mol. The fourth-order valence-corrected chi connectivity index (χ4v) is 0.753. The fraction of sp³-hybridized carbons (Fsp3) is 0.800. The highest BCUT2D eigenvalue weighted by Crippen LogP contribution is 2.17. The van der Waals surface area contributed by atoms with Gasteiger partial charge >= 0.3 is 12.3 Å². The first-order valence-electron chi connectivity index (χ1n) is 3.02. The maximum atomic E-state index is 11.5. The zero-order valence-corrected chi connectivity index (χ0v) is 5.85. The lowest BCUT2D eigenvalue weighted by Gasteiger charge is -2.00. The molecule has 0 spiro atoms. The van der Waals surface area contributed by atoms with E-state index in [0.717, 1.165) is 0 Å². The summed E-state index contributed by atoms with van der Waals surface area (Å²) in [7, 11) is 1.59. The van der Waals surface area contributed by atoms with E-state index in [1.165, 1.54) is 5.01 Å². The minimum Gasteiger partial charge on any atom is -0.347 e. The molecule has 0 saturated heterocycles. The largest absolute Gasteiger partial charge is 0.577 e. The summed E-state index contributed by atoms with van der Waals surface area (Å²) in [5, 5.41) is 4.89. The van der Waals surface area contributed by atoms with Crippen molar-refractivity contribution in [2.75, 3.05) is 13.6 Å². The predicted octanol–water partition coefficient (Wildman–Crippen LogP) is 0.508. The SMILES string of the molecule is CN1CCC(OC(F)(F)F)=[N+]1. The number of hydrogen-bond acceptors (Lipinski definition) is 3. The Hall–Kier alpha value is -0.940. The lowest BCUT2D eigenvalue weighted by atomic mass is 10.4. The second-order valence-electron chi connectivity index (χ2n) is 2.17. The highest BCUT2D eigenvalue weighted by atomic mass is 19.4. The van der Waals surface area contributed by atoms with Crippen LogP contribution in [0.4, 0.5) is 13.2 Å². The maximum absolute atomic E-state index is 11.5. The van der Waals surface area contributed by atoms with Gasteiger partial charge in [0.25, 0.3) is 0 Å². The average molecular weight is 168 g/mol. The summed E-state index contributed by atoms with van der Waals surface area (Å²) < 4.78 is 38.1. The molecule has 0 N–H and O–H groups in total. The molecule has 0 aromatic carbocycles. The van der Waals surface area contributed by atoms with E-state index in [2.05, 4.69) is 9.84 Å². The maximum Gasteiger partial charge on any atom is 0.577 e. The molecule has 0 aromatic rings. The van der Waals surface area contributed by atoms with Crippen LogP contribution in [0.15, 0.2) is 0 Å². The van der Waals surface area contributed by atoms with Crippen molar-refractivity contribution in [2.24, 2.45) is 0 Å². The van der Waals surface area contributed by atoms with E-state index in [-0.39, 0.29) is 12.3 Å². The van der Waals surface area contributed by atoms with Gasteiger partial charge in [0.15, 0.2) is 0 Å². The minimum atomic E-state index is -4.61. The standard InChI is InChI=1S/C5H7F3N2O/c1-10-3-2-4(9-10)11-5(6,7)8/h2-3H2,1H3/q+1. The summed E-state index contributed by atoms with van der Waals surface area (Å²) in [5.74, 6) is -0.264. The molecule has 0 bridgehead atoms. The number of hydrogen-bond donors (Lipinski definition) is 0. The van der Waals surface area contributed by atoms with Gasteiger partial charge in [0.2, 0.25) is 5.10 Å². The first kappa shape index (κ1) is 8.16. The quantitative estimate of drug-likeness (QED) is 0.526. The zero-order chi connectivity index (χ0) is 8.48. The highest BCUT2D eigenvalue weighted by molar-refractivity contribution is 5.76. The highest BCUT2D eigenvalue weighted by Gasteiger charge is 2.40. The fourth-order valence-electron chi connectivity index (χ4n) is 0.753. The molecule has 6 heteroatoms. The number of halogens is 3. The first-order valence-corrected chi connectivity index (χ1v) is 3.02. The summed E-state index contributed by atoms with van der Waals surface area (Å²) in [6.45, 7) is 0.478. The molecule has 63 valence electrons. The molecule has 11 heavy (non-hydrogen) atoms. The molecule has 0 aromatic heterocycles.